The third-order valence-electron chi connectivity index (χ3n) is 0.975. The van der Waals surface area contributed by atoms with Crippen LogP contribution in [0.3, 0.4) is 0 Å². The first kappa shape index (κ1) is 10.8. The highest BCUT2D eigenvalue weighted by Crippen LogP contribution is 1.94. The largest absolute Gasteiger partial charge is 0.391 e. The molecule has 52 valence electrons. The van der Waals surface area contributed by atoms with Gasteiger partial charge in [0, 0.05) is 0 Å². The second-order valence-corrected chi connectivity index (χ2v) is 1.72. The van der Waals surface area contributed by atoms with Crippen molar-refractivity contribution in [2.45, 2.75) is 32.5 Å². The maximum absolute atomic E-state index is 8.69. The van der Waals surface area contributed by atoms with Crippen LogP contribution in [0.2, 0.25) is 0 Å². The number of rotatable bonds is 2. The van der Waals surface area contributed by atoms with Gasteiger partial charge in [-0.05, 0) is 13.3 Å². The van der Waals surface area contributed by atoms with E-state index in [2.05, 4.69) is 0 Å². The molecule has 0 aromatic rings. The standard InChI is InChI=1S/C5H12O2.H3N/c1-3-5(7)4(2)6;/h4-7H,3H2,1-2H3;1H3. The van der Waals surface area contributed by atoms with E-state index in [0.29, 0.717) is 6.42 Å². The maximum Gasteiger partial charge on any atom is 0.0793 e. The second-order valence-electron chi connectivity index (χ2n) is 1.72. The van der Waals surface area contributed by atoms with Gasteiger partial charge in [-0.25, -0.2) is 0 Å². The molecule has 0 heterocycles. The zero-order valence-corrected chi connectivity index (χ0v) is 5.46. The average molecular weight is 121 g/mol. The number of hydrogen-bond acceptors (Lipinski definition) is 3. The van der Waals surface area contributed by atoms with Gasteiger partial charge in [0.05, 0.1) is 12.2 Å². The van der Waals surface area contributed by atoms with Gasteiger partial charge in [0.1, 0.15) is 0 Å². The van der Waals surface area contributed by atoms with E-state index in [1.54, 1.807) is 6.92 Å². The number of aliphatic hydroxyl groups is 2. The molecule has 0 saturated heterocycles. The summed E-state index contributed by atoms with van der Waals surface area (Å²) in [4.78, 5) is 0. The van der Waals surface area contributed by atoms with Crippen molar-refractivity contribution in [2.24, 2.45) is 0 Å². The van der Waals surface area contributed by atoms with Gasteiger partial charge in [-0.15, -0.1) is 0 Å². The Balaban J connectivity index is 0. The molecule has 0 rings (SSSR count). The summed E-state index contributed by atoms with van der Waals surface area (Å²) in [7, 11) is 0. The van der Waals surface area contributed by atoms with Crippen molar-refractivity contribution in [3.8, 4) is 0 Å². The first-order chi connectivity index (χ1) is 3.18. The van der Waals surface area contributed by atoms with Crippen molar-refractivity contribution in [3.05, 3.63) is 0 Å². The monoisotopic (exact) mass is 121 g/mol. The molecule has 8 heavy (non-hydrogen) atoms. The van der Waals surface area contributed by atoms with E-state index < -0.39 is 12.2 Å². The van der Waals surface area contributed by atoms with Gasteiger partial charge in [-0.3, -0.25) is 0 Å². The molecule has 2 unspecified atom stereocenters. The topological polar surface area (TPSA) is 75.5 Å². The van der Waals surface area contributed by atoms with Crippen LogP contribution >= 0.6 is 0 Å². The summed E-state index contributed by atoms with van der Waals surface area (Å²) in [6, 6.07) is 0. The lowest BCUT2D eigenvalue weighted by atomic mass is 10.2. The highest BCUT2D eigenvalue weighted by Gasteiger charge is 2.05. The molecule has 2 atom stereocenters. The van der Waals surface area contributed by atoms with Crippen molar-refractivity contribution < 1.29 is 10.2 Å². The summed E-state index contributed by atoms with van der Waals surface area (Å²) >= 11 is 0. The van der Waals surface area contributed by atoms with Crippen LogP contribution < -0.4 is 6.15 Å². The highest BCUT2D eigenvalue weighted by atomic mass is 16.3. The molecule has 0 aliphatic carbocycles. The third kappa shape index (κ3) is 4.05. The van der Waals surface area contributed by atoms with Crippen LogP contribution in [0.15, 0.2) is 0 Å². The van der Waals surface area contributed by atoms with Crippen molar-refractivity contribution >= 4 is 0 Å². The SMILES string of the molecule is CCC(O)C(C)O.N. The Labute approximate surface area is 49.9 Å². The lowest BCUT2D eigenvalue weighted by molar-refractivity contribution is 0.0294. The predicted molar refractivity (Wildman–Crippen MR) is 33.0 cm³/mol. The first-order valence-corrected chi connectivity index (χ1v) is 2.54. The molecule has 3 nitrogen and oxygen atoms in total. The summed E-state index contributed by atoms with van der Waals surface area (Å²) in [6.07, 6.45) is -0.498. The normalized spacial score (nSPS) is 16.5. The van der Waals surface area contributed by atoms with Gasteiger partial charge in [0.2, 0.25) is 0 Å². The van der Waals surface area contributed by atoms with Gasteiger partial charge >= 0.3 is 0 Å². The highest BCUT2D eigenvalue weighted by molar-refractivity contribution is 4.56. The molecule has 3 heteroatoms. The van der Waals surface area contributed by atoms with Gasteiger partial charge < -0.3 is 16.4 Å². The summed E-state index contributed by atoms with van der Waals surface area (Å²) in [5.41, 5.74) is 0. The Bertz CT molecular complexity index is 47.7. The molecular weight excluding hydrogens is 106 g/mol. The van der Waals surface area contributed by atoms with Gasteiger partial charge in [0.25, 0.3) is 0 Å². The Kier molecular flexibility index (Phi) is 6.78. The van der Waals surface area contributed by atoms with Crippen LogP contribution in [0.4, 0.5) is 0 Å². The summed E-state index contributed by atoms with van der Waals surface area (Å²) in [5, 5.41) is 17.3. The smallest absolute Gasteiger partial charge is 0.0793 e. The molecule has 0 aromatic heterocycles. The summed E-state index contributed by atoms with van der Waals surface area (Å²) in [6.45, 7) is 3.41. The second kappa shape index (κ2) is 5.03. The van der Waals surface area contributed by atoms with Crippen LogP contribution in [-0.2, 0) is 0 Å². The van der Waals surface area contributed by atoms with Gasteiger partial charge in [0.15, 0.2) is 0 Å². The molecule has 0 aliphatic rings. The minimum atomic E-state index is -0.579. The van der Waals surface area contributed by atoms with E-state index in [1.807, 2.05) is 6.92 Å². The van der Waals surface area contributed by atoms with Crippen LogP contribution in [0.5, 0.6) is 0 Å². The number of aliphatic hydroxyl groups excluding tert-OH is 2. The van der Waals surface area contributed by atoms with E-state index in [-0.39, 0.29) is 6.15 Å². The zero-order valence-electron chi connectivity index (χ0n) is 5.46. The molecule has 0 aromatic carbocycles. The molecule has 0 spiro atoms. The fraction of sp³-hybridized carbons (Fsp3) is 1.00. The lowest BCUT2D eigenvalue weighted by Crippen LogP contribution is -2.20. The van der Waals surface area contributed by atoms with Gasteiger partial charge in [-0.2, -0.15) is 0 Å². The Morgan fingerprint density at radius 2 is 1.75 bits per heavy atom. The molecule has 0 radical (unpaired) electrons. The van der Waals surface area contributed by atoms with Crippen LogP contribution in [0.25, 0.3) is 0 Å². The maximum atomic E-state index is 8.69. The minimum Gasteiger partial charge on any atom is -0.391 e. The minimum absolute atomic E-state index is 0. The van der Waals surface area contributed by atoms with Crippen LogP contribution in [-0.4, -0.2) is 22.4 Å². The molecule has 0 fully saturated rings. The van der Waals surface area contributed by atoms with Gasteiger partial charge in [-0.1, -0.05) is 6.92 Å². The Hall–Kier alpha value is -0.120. The van der Waals surface area contributed by atoms with Crippen molar-refractivity contribution in [1.82, 2.24) is 6.15 Å². The predicted octanol–water partition coefficient (Wildman–Crippen LogP) is 0.300. The average Bonchev–Trinajstić information content (AvgIpc) is 1.65. The summed E-state index contributed by atoms with van der Waals surface area (Å²) in [5.74, 6) is 0. The quantitative estimate of drug-likeness (QED) is 0.492. The molecular formula is C5H15NO2. The van der Waals surface area contributed by atoms with Crippen LogP contribution in [0.1, 0.15) is 20.3 Å². The van der Waals surface area contributed by atoms with E-state index in [1.165, 1.54) is 0 Å². The first-order valence-electron chi connectivity index (χ1n) is 2.54. The molecule has 0 saturated carbocycles. The fourth-order valence-electron chi connectivity index (χ4n) is 0.341. The summed E-state index contributed by atoms with van der Waals surface area (Å²) < 4.78 is 0. The van der Waals surface area contributed by atoms with E-state index in [9.17, 15) is 0 Å². The van der Waals surface area contributed by atoms with Crippen molar-refractivity contribution in [3.63, 3.8) is 0 Å². The fourth-order valence-corrected chi connectivity index (χ4v) is 0.341. The van der Waals surface area contributed by atoms with E-state index >= 15 is 0 Å². The molecule has 0 aliphatic heterocycles. The molecule has 5 N–H and O–H groups in total. The third-order valence-corrected chi connectivity index (χ3v) is 0.975. The number of hydrogen-bond donors (Lipinski definition) is 3. The van der Waals surface area contributed by atoms with Crippen LogP contribution in [0, 0.1) is 0 Å². The Morgan fingerprint density at radius 3 is 1.75 bits per heavy atom. The van der Waals surface area contributed by atoms with Crippen molar-refractivity contribution in [2.75, 3.05) is 0 Å². The lowest BCUT2D eigenvalue weighted by Gasteiger charge is -2.08. The van der Waals surface area contributed by atoms with E-state index in [0.717, 1.165) is 0 Å². The Morgan fingerprint density at radius 1 is 1.38 bits per heavy atom. The molecule has 0 amide bonds. The zero-order chi connectivity index (χ0) is 5.86. The van der Waals surface area contributed by atoms with Crippen molar-refractivity contribution in [1.29, 1.82) is 0 Å². The van der Waals surface area contributed by atoms with E-state index in [4.69, 9.17) is 10.2 Å². The molecule has 0 bridgehead atoms.